The summed E-state index contributed by atoms with van der Waals surface area (Å²) in [5, 5.41) is 23.9. The molecule has 5 N–H and O–H groups in total. The lowest BCUT2D eigenvalue weighted by Gasteiger charge is -2.25. The van der Waals surface area contributed by atoms with E-state index in [0.717, 1.165) is 6.07 Å². The van der Waals surface area contributed by atoms with Crippen LogP contribution in [0.3, 0.4) is 0 Å². The van der Waals surface area contributed by atoms with Crippen LogP contribution in [0.25, 0.3) is 0 Å². The Hall–Kier alpha value is -3.81. The lowest BCUT2D eigenvalue weighted by molar-refractivity contribution is -0.123. The molecule has 1 aliphatic heterocycles. The first-order valence-corrected chi connectivity index (χ1v) is 8.29. The van der Waals surface area contributed by atoms with Crippen LogP contribution in [0.2, 0.25) is 0 Å². The van der Waals surface area contributed by atoms with Gasteiger partial charge >= 0.3 is 0 Å². The summed E-state index contributed by atoms with van der Waals surface area (Å²) in [5.41, 5.74) is -0.155. The molecule has 1 aromatic heterocycles. The minimum atomic E-state index is -0.789. The van der Waals surface area contributed by atoms with Crippen molar-refractivity contribution in [3.8, 4) is 6.07 Å². The Kier molecular flexibility index (Phi) is 7.36. The number of anilines is 1. The molecule has 0 fully saturated rings. The van der Waals surface area contributed by atoms with Crippen LogP contribution in [0, 0.1) is 17.1 Å². The van der Waals surface area contributed by atoms with Crippen molar-refractivity contribution in [2.75, 3.05) is 12.4 Å². The van der Waals surface area contributed by atoms with Gasteiger partial charge in [-0.1, -0.05) is 12.1 Å². The van der Waals surface area contributed by atoms with Gasteiger partial charge in [-0.05, 0) is 29.8 Å². The maximum atomic E-state index is 13.8. The highest BCUT2D eigenvalue weighted by Crippen LogP contribution is 2.28. The van der Waals surface area contributed by atoms with E-state index in [4.69, 9.17) is 5.26 Å². The highest BCUT2D eigenvalue weighted by atomic mass is 19.1. The Morgan fingerprint density at radius 2 is 2.17 bits per heavy atom. The predicted molar refractivity (Wildman–Crippen MR) is 100 cm³/mol. The number of nitriles is 1. The summed E-state index contributed by atoms with van der Waals surface area (Å²) in [6.07, 6.45) is 1.39. The van der Waals surface area contributed by atoms with Gasteiger partial charge in [0.2, 0.25) is 0 Å². The largest absolute Gasteiger partial charge is 0.511 e. The highest BCUT2D eigenvalue weighted by molar-refractivity contribution is 6.23. The van der Waals surface area contributed by atoms with Crippen LogP contribution >= 0.6 is 0 Å². The maximum Gasteiger partial charge on any atom is 0.265 e. The third-order valence-corrected chi connectivity index (χ3v) is 3.87. The number of amides is 2. The standard InChI is InChI=1S/C18H13FN4O3.CH5NO/c19-12-7-10(4-5-11(12)9-20)13-8-14(24)16(17(25)22-13)18(26)23-15-3-1-2-6-21-15;1-3-2/h1-7,13,24H,8H2,(H,22,25)(H,21,23,26);2H2,1H3. The number of hydrogen-bond donors (Lipinski definition) is 4. The number of aliphatic hydroxyl groups excluding tert-OH is 1. The first-order valence-electron chi connectivity index (χ1n) is 8.29. The van der Waals surface area contributed by atoms with Gasteiger partial charge in [0.05, 0.1) is 18.7 Å². The smallest absolute Gasteiger partial charge is 0.265 e. The zero-order valence-corrected chi connectivity index (χ0v) is 15.3. The van der Waals surface area contributed by atoms with Crippen LogP contribution in [-0.4, -0.2) is 29.0 Å². The number of rotatable bonds is 3. The lowest BCUT2D eigenvalue weighted by atomic mass is 9.95. The average Bonchev–Trinajstić information content (AvgIpc) is 2.68. The molecule has 1 aromatic carbocycles. The van der Waals surface area contributed by atoms with Crippen LogP contribution in [0.5, 0.6) is 0 Å². The Morgan fingerprint density at radius 1 is 1.45 bits per heavy atom. The van der Waals surface area contributed by atoms with E-state index in [2.05, 4.69) is 26.4 Å². The number of benzene rings is 1. The van der Waals surface area contributed by atoms with E-state index < -0.39 is 35.0 Å². The molecular weight excluding hydrogens is 381 g/mol. The van der Waals surface area contributed by atoms with Crippen molar-refractivity contribution >= 4 is 17.6 Å². The van der Waals surface area contributed by atoms with E-state index in [1.54, 1.807) is 24.3 Å². The molecule has 29 heavy (non-hydrogen) atoms. The van der Waals surface area contributed by atoms with Crippen LogP contribution in [0.4, 0.5) is 10.2 Å². The van der Waals surface area contributed by atoms with Gasteiger partial charge in [-0.3, -0.25) is 9.59 Å². The number of carbonyl (C=O) groups is 2. The molecule has 2 aromatic rings. The normalized spacial score (nSPS) is 15.5. The third-order valence-electron chi connectivity index (χ3n) is 3.87. The molecule has 3 rings (SSSR count). The number of aliphatic hydroxyl groups is 1. The van der Waals surface area contributed by atoms with Gasteiger partial charge in [0, 0.05) is 12.6 Å². The van der Waals surface area contributed by atoms with Crippen molar-refractivity contribution in [3.05, 3.63) is 70.9 Å². The minimum absolute atomic E-state index is 0.0813. The van der Waals surface area contributed by atoms with Crippen LogP contribution in [0.1, 0.15) is 23.6 Å². The number of nitrogens with zero attached hydrogens (tertiary/aromatic N) is 2. The molecule has 10 heteroatoms. The number of aromatic nitrogens is 1. The number of hydrogen-bond acceptors (Lipinski definition) is 7. The second kappa shape index (κ2) is 9.93. The van der Waals surface area contributed by atoms with Gasteiger partial charge in [0.15, 0.2) is 0 Å². The fourth-order valence-electron chi connectivity index (χ4n) is 2.60. The molecule has 0 aliphatic carbocycles. The van der Waals surface area contributed by atoms with Crippen molar-refractivity contribution in [1.82, 2.24) is 10.3 Å². The molecular formula is C19H18FN5O4. The molecule has 0 saturated carbocycles. The fourth-order valence-corrected chi connectivity index (χ4v) is 2.60. The Morgan fingerprint density at radius 3 is 2.72 bits per heavy atom. The van der Waals surface area contributed by atoms with E-state index in [1.165, 1.54) is 25.4 Å². The Bertz CT molecular complexity index is 972. The third kappa shape index (κ3) is 5.35. The van der Waals surface area contributed by atoms with Gasteiger partial charge in [0.1, 0.15) is 29.0 Å². The van der Waals surface area contributed by atoms with Gasteiger partial charge in [0.25, 0.3) is 11.8 Å². The first-order chi connectivity index (χ1) is 13.9. The zero-order chi connectivity index (χ0) is 21.4. The summed E-state index contributed by atoms with van der Waals surface area (Å²) < 4.78 is 13.8. The molecule has 9 nitrogen and oxygen atoms in total. The van der Waals surface area contributed by atoms with Crippen LogP contribution in [0.15, 0.2) is 53.9 Å². The highest BCUT2D eigenvalue weighted by Gasteiger charge is 2.32. The maximum absolute atomic E-state index is 13.8. The first kappa shape index (κ1) is 21.5. The quantitative estimate of drug-likeness (QED) is 0.452. The summed E-state index contributed by atoms with van der Waals surface area (Å²) in [4.78, 5) is 32.2. The molecule has 1 unspecified atom stereocenters. The van der Waals surface area contributed by atoms with Crippen molar-refractivity contribution < 1.29 is 23.9 Å². The molecule has 150 valence electrons. The number of carbonyl (C=O) groups excluding carboxylic acids is 2. The summed E-state index contributed by atoms with van der Waals surface area (Å²) in [5.74, 6) is 1.89. The average molecular weight is 399 g/mol. The van der Waals surface area contributed by atoms with E-state index in [1.807, 2.05) is 0 Å². The monoisotopic (exact) mass is 399 g/mol. The van der Waals surface area contributed by atoms with Crippen molar-refractivity contribution in [1.29, 1.82) is 5.26 Å². The number of nitrogens with one attached hydrogen (secondary N) is 2. The van der Waals surface area contributed by atoms with Crippen LogP contribution < -0.4 is 16.5 Å². The van der Waals surface area contributed by atoms with Gasteiger partial charge in [-0.25, -0.2) is 15.3 Å². The molecule has 2 amide bonds. The second-order valence-corrected chi connectivity index (χ2v) is 5.81. The Labute approximate surface area is 165 Å². The van der Waals surface area contributed by atoms with Gasteiger partial charge in [-0.2, -0.15) is 5.26 Å². The van der Waals surface area contributed by atoms with Crippen molar-refractivity contribution in [2.24, 2.45) is 5.90 Å². The fraction of sp³-hybridized carbons (Fsp3) is 0.158. The summed E-state index contributed by atoms with van der Waals surface area (Å²) in [6.45, 7) is 0. The molecule has 0 spiro atoms. The van der Waals surface area contributed by atoms with Gasteiger partial charge in [-0.15, -0.1) is 0 Å². The predicted octanol–water partition coefficient (Wildman–Crippen LogP) is 1.61. The second-order valence-electron chi connectivity index (χ2n) is 5.81. The summed E-state index contributed by atoms with van der Waals surface area (Å²) in [6, 6.07) is 9.76. The summed E-state index contributed by atoms with van der Waals surface area (Å²) in [7, 11) is 1.40. The number of pyridine rings is 1. The van der Waals surface area contributed by atoms with E-state index >= 15 is 0 Å². The Balaban J connectivity index is 0.000000941. The van der Waals surface area contributed by atoms with E-state index in [9.17, 15) is 19.1 Å². The minimum Gasteiger partial charge on any atom is -0.511 e. The summed E-state index contributed by atoms with van der Waals surface area (Å²) >= 11 is 0. The van der Waals surface area contributed by atoms with Gasteiger partial charge < -0.3 is 20.6 Å². The molecule has 1 atom stereocenters. The van der Waals surface area contributed by atoms with Crippen molar-refractivity contribution in [3.63, 3.8) is 0 Å². The van der Waals surface area contributed by atoms with Crippen LogP contribution in [-0.2, 0) is 14.4 Å². The molecule has 1 aliphatic rings. The molecule has 0 radical (unpaired) electrons. The number of halogens is 1. The molecule has 0 bridgehead atoms. The molecule has 2 heterocycles. The topological polar surface area (TPSA) is 150 Å². The number of nitrogens with two attached hydrogens (primary N) is 1. The SMILES string of the molecule is CON.N#Cc1ccc(C2CC(O)=C(C(=O)Nc3ccccn3)C(=O)N2)cc1F. The molecule has 0 saturated heterocycles. The lowest BCUT2D eigenvalue weighted by Crippen LogP contribution is -2.39. The van der Waals surface area contributed by atoms with E-state index in [-0.39, 0.29) is 17.8 Å². The zero-order valence-electron chi connectivity index (χ0n) is 15.3. The van der Waals surface area contributed by atoms with E-state index in [0.29, 0.717) is 5.56 Å². The van der Waals surface area contributed by atoms with Crippen molar-refractivity contribution in [2.45, 2.75) is 12.5 Å².